The summed E-state index contributed by atoms with van der Waals surface area (Å²) in [5.74, 6) is 0.761. The van der Waals surface area contributed by atoms with Gasteiger partial charge in [0.1, 0.15) is 11.9 Å². The van der Waals surface area contributed by atoms with Gasteiger partial charge in [-0.3, -0.25) is 0 Å². The van der Waals surface area contributed by atoms with Crippen LogP contribution in [-0.4, -0.2) is 5.11 Å². The van der Waals surface area contributed by atoms with Crippen molar-refractivity contribution in [2.24, 2.45) is 0 Å². The Labute approximate surface area is 114 Å². The number of aliphatic hydroxyl groups excluding tert-OH is 1. The maximum Gasteiger partial charge on any atom is 0.127 e. The molecule has 1 aliphatic heterocycles. The van der Waals surface area contributed by atoms with Crippen LogP contribution in [0, 0.1) is 0 Å². The smallest absolute Gasteiger partial charge is 0.127 e. The summed E-state index contributed by atoms with van der Waals surface area (Å²) >= 11 is 3.46. The van der Waals surface area contributed by atoms with Crippen molar-refractivity contribution < 1.29 is 9.84 Å². The lowest BCUT2D eigenvalue weighted by Crippen LogP contribution is -2.19. The molecule has 1 heterocycles. The summed E-state index contributed by atoms with van der Waals surface area (Å²) < 4.78 is 6.88. The Morgan fingerprint density at radius 2 is 1.83 bits per heavy atom. The highest BCUT2D eigenvalue weighted by Gasteiger charge is 2.29. The van der Waals surface area contributed by atoms with Crippen molar-refractivity contribution in [1.29, 1.82) is 0 Å². The lowest BCUT2D eigenvalue weighted by atomic mass is 9.95. The van der Waals surface area contributed by atoms with Crippen molar-refractivity contribution in [1.82, 2.24) is 0 Å². The van der Waals surface area contributed by atoms with Gasteiger partial charge in [-0.2, -0.15) is 0 Å². The minimum absolute atomic E-state index is 0.0806. The second kappa shape index (κ2) is 4.75. The minimum atomic E-state index is -0.491. The lowest BCUT2D eigenvalue weighted by molar-refractivity contribution is 0.0651. The van der Waals surface area contributed by atoms with E-state index in [0.717, 1.165) is 21.3 Å². The highest BCUT2D eigenvalue weighted by molar-refractivity contribution is 9.10. The van der Waals surface area contributed by atoms with Gasteiger partial charge in [-0.1, -0.05) is 52.3 Å². The van der Waals surface area contributed by atoms with Crippen LogP contribution in [-0.2, 0) is 0 Å². The SMILES string of the molecule is OC1CC(c2ccccc2)Oc2cccc(Br)c21. The zero-order chi connectivity index (χ0) is 12.5. The van der Waals surface area contributed by atoms with Crippen LogP contribution in [0.25, 0.3) is 0 Å². The molecule has 1 N–H and O–H groups in total. The molecule has 2 aromatic carbocycles. The van der Waals surface area contributed by atoms with E-state index in [0.29, 0.717) is 6.42 Å². The summed E-state index contributed by atoms with van der Waals surface area (Å²) in [4.78, 5) is 0. The quantitative estimate of drug-likeness (QED) is 0.862. The van der Waals surface area contributed by atoms with Gasteiger partial charge in [0.05, 0.1) is 6.10 Å². The molecule has 2 nitrogen and oxygen atoms in total. The Morgan fingerprint density at radius 3 is 2.61 bits per heavy atom. The maximum atomic E-state index is 10.3. The molecule has 92 valence electrons. The second-order valence-corrected chi connectivity index (χ2v) is 5.27. The van der Waals surface area contributed by atoms with Crippen molar-refractivity contribution in [3.8, 4) is 5.75 Å². The zero-order valence-corrected chi connectivity index (χ0v) is 11.3. The fourth-order valence-electron chi connectivity index (χ4n) is 2.34. The summed E-state index contributed by atoms with van der Waals surface area (Å²) in [6.07, 6.45) is 0.0112. The van der Waals surface area contributed by atoms with Gasteiger partial charge < -0.3 is 9.84 Å². The van der Waals surface area contributed by atoms with Crippen LogP contribution in [0.4, 0.5) is 0 Å². The molecule has 0 spiro atoms. The summed E-state index contributed by atoms with van der Waals surface area (Å²) in [7, 11) is 0. The summed E-state index contributed by atoms with van der Waals surface area (Å²) in [5.41, 5.74) is 1.95. The highest BCUT2D eigenvalue weighted by atomic mass is 79.9. The fraction of sp³-hybridized carbons (Fsp3) is 0.200. The summed E-state index contributed by atoms with van der Waals surface area (Å²) in [6, 6.07) is 15.8. The lowest BCUT2D eigenvalue weighted by Gasteiger charge is -2.30. The van der Waals surface area contributed by atoms with E-state index < -0.39 is 6.10 Å². The van der Waals surface area contributed by atoms with E-state index >= 15 is 0 Å². The number of hydrogen-bond donors (Lipinski definition) is 1. The van der Waals surface area contributed by atoms with E-state index in [-0.39, 0.29) is 6.10 Å². The van der Waals surface area contributed by atoms with E-state index in [1.54, 1.807) is 0 Å². The van der Waals surface area contributed by atoms with Gasteiger partial charge in [-0.15, -0.1) is 0 Å². The third-order valence-electron chi connectivity index (χ3n) is 3.22. The first-order chi connectivity index (χ1) is 8.75. The second-order valence-electron chi connectivity index (χ2n) is 4.42. The van der Waals surface area contributed by atoms with Crippen LogP contribution in [0.5, 0.6) is 5.75 Å². The van der Waals surface area contributed by atoms with Gasteiger partial charge in [0, 0.05) is 16.5 Å². The predicted octanol–water partition coefficient (Wildman–Crippen LogP) is 4.01. The number of halogens is 1. The molecule has 0 saturated heterocycles. The van der Waals surface area contributed by atoms with Crippen molar-refractivity contribution in [3.05, 3.63) is 64.1 Å². The number of fused-ring (bicyclic) bond motifs is 1. The van der Waals surface area contributed by atoms with Gasteiger partial charge in [-0.25, -0.2) is 0 Å². The molecular formula is C15H13BrO2. The van der Waals surface area contributed by atoms with Gasteiger partial charge in [0.2, 0.25) is 0 Å². The number of ether oxygens (including phenoxy) is 1. The Bertz CT molecular complexity index is 554. The van der Waals surface area contributed by atoms with Gasteiger partial charge >= 0.3 is 0 Å². The molecule has 0 amide bonds. The molecule has 0 aromatic heterocycles. The van der Waals surface area contributed by atoms with Crippen LogP contribution in [0.2, 0.25) is 0 Å². The van der Waals surface area contributed by atoms with Crippen LogP contribution in [0.3, 0.4) is 0 Å². The van der Waals surface area contributed by atoms with Gasteiger partial charge in [0.25, 0.3) is 0 Å². The van der Waals surface area contributed by atoms with Crippen LogP contribution in [0.15, 0.2) is 53.0 Å². The Balaban J connectivity index is 1.97. The number of aliphatic hydroxyl groups is 1. The summed E-state index contributed by atoms with van der Waals surface area (Å²) in [5, 5.41) is 10.3. The topological polar surface area (TPSA) is 29.5 Å². The molecule has 2 aromatic rings. The van der Waals surface area contributed by atoms with Crippen LogP contribution < -0.4 is 4.74 Å². The molecule has 0 saturated carbocycles. The molecule has 0 aliphatic carbocycles. The van der Waals surface area contributed by atoms with Crippen molar-refractivity contribution in [2.45, 2.75) is 18.6 Å². The maximum absolute atomic E-state index is 10.3. The molecule has 2 unspecified atom stereocenters. The molecule has 0 bridgehead atoms. The van der Waals surface area contributed by atoms with E-state index in [4.69, 9.17) is 4.74 Å². The Hall–Kier alpha value is -1.32. The number of benzene rings is 2. The van der Waals surface area contributed by atoms with Gasteiger partial charge in [0.15, 0.2) is 0 Å². The average molecular weight is 305 g/mol. The Morgan fingerprint density at radius 1 is 1.06 bits per heavy atom. The first kappa shape index (κ1) is 11.8. The molecule has 18 heavy (non-hydrogen) atoms. The largest absolute Gasteiger partial charge is 0.485 e. The third-order valence-corrected chi connectivity index (χ3v) is 3.92. The third kappa shape index (κ3) is 2.04. The first-order valence-electron chi connectivity index (χ1n) is 5.94. The molecule has 2 atom stereocenters. The highest BCUT2D eigenvalue weighted by Crippen LogP contribution is 2.43. The standard InChI is InChI=1S/C15H13BrO2/c16-11-7-4-8-13-15(11)12(17)9-14(18-13)10-5-2-1-3-6-10/h1-8,12,14,17H,9H2. The molecule has 0 fully saturated rings. The first-order valence-corrected chi connectivity index (χ1v) is 6.73. The molecule has 0 radical (unpaired) electrons. The molecular weight excluding hydrogens is 292 g/mol. The molecule has 1 aliphatic rings. The monoisotopic (exact) mass is 304 g/mol. The molecule has 3 heteroatoms. The van der Waals surface area contributed by atoms with Crippen molar-refractivity contribution in [2.75, 3.05) is 0 Å². The van der Waals surface area contributed by atoms with E-state index in [9.17, 15) is 5.11 Å². The fourth-order valence-corrected chi connectivity index (χ4v) is 2.95. The number of hydrogen-bond acceptors (Lipinski definition) is 2. The normalized spacial score (nSPS) is 22.1. The zero-order valence-electron chi connectivity index (χ0n) is 9.71. The van der Waals surface area contributed by atoms with E-state index in [2.05, 4.69) is 15.9 Å². The van der Waals surface area contributed by atoms with E-state index in [1.807, 2.05) is 48.5 Å². The number of rotatable bonds is 1. The van der Waals surface area contributed by atoms with Crippen molar-refractivity contribution >= 4 is 15.9 Å². The Kier molecular flexibility index (Phi) is 3.10. The molecule has 3 rings (SSSR count). The summed E-state index contributed by atoms with van der Waals surface area (Å²) in [6.45, 7) is 0. The van der Waals surface area contributed by atoms with Gasteiger partial charge in [-0.05, 0) is 17.7 Å². The van der Waals surface area contributed by atoms with E-state index in [1.165, 1.54) is 0 Å². The predicted molar refractivity (Wildman–Crippen MR) is 73.5 cm³/mol. The average Bonchev–Trinajstić information content (AvgIpc) is 2.39. The van der Waals surface area contributed by atoms with Crippen LogP contribution in [0.1, 0.15) is 29.8 Å². The van der Waals surface area contributed by atoms with Crippen molar-refractivity contribution in [3.63, 3.8) is 0 Å². The van der Waals surface area contributed by atoms with Crippen LogP contribution >= 0.6 is 15.9 Å². The minimum Gasteiger partial charge on any atom is -0.485 e.